The Morgan fingerprint density at radius 1 is 0.960 bits per heavy atom. The van der Waals surface area contributed by atoms with E-state index in [0.717, 1.165) is 18.8 Å². The second-order valence-electron chi connectivity index (χ2n) is 7.76. The number of nitrogens with one attached hydrogen (secondary N) is 1. The SMILES string of the molecule is OC[C@@H]1CC[C@@H]2[C@@H](c3ccccc3)Nc3ccc(C4CC4)cc3[C@@H]2O1. The Kier molecular flexibility index (Phi) is 3.79. The van der Waals surface area contributed by atoms with Crippen molar-refractivity contribution in [1.82, 2.24) is 0 Å². The summed E-state index contributed by atoms with van der Waals surface area (Å²) in [6.45, 7) is 0.115. The third kappa shape index (κ3) is 2.76. The highest BCUT2D eigenvalue weighted by Crippen LogP contribution is 2.51. The molecule has 0 spiro atoms. The number of ether oxygens (including phenoxy) is 1. The van der Waals surface area contributed by atoms with Gasteiger partial charge in [0.2, 0.25) is 0 Å². The van der Waals surface area contributed by atoms with Crippen molar-refractivity contribution in [1.29, 1.82) is 0 Å². The maximum Gasteiger partial charge on any atom is 0.0900 e. The van der Waals surface area contributed by atoms with Crippen LogP contribution in [0.15, 0.2) is 48.5 Å². The van der Waals surface area contributed by atoms with Crippen LogP contribution in [0.4, 0.5) is 5.69 Å². The summed E-state index contributed by atoms with van der Waals surface area (Å²) in [4.78, 5) is 0. The van der Waals surface area contributed by atoms with E-state index in [1.807, 2.05) is 0 Å². The Labute approximate surface area is 149 Å². The fraction of sp³-hybridized carbons (Fsp3) is 0.455. The van der Waals surface area contributed by atoms with Crippen LogP contribution in [-0.2, 0) is 4.74 Å². The van der Waals surface area contributed by atoms with Gasteiger partial charge in [-0.15, -0.1) is 0 Å². The van der Waals surface area contributed by atoms with E-state index in [-0.39, 0.29) is 24.9 Å². The maximum absolute atomic E-state index is 9.62. The highest BCUT2D eigenvalue weighted by molar-refractivity contribution is 5.59. The Morgan fingerprint density at radius 2 is 1.80 bits per heavy atom. The highest BCUT2D eigenvalue weighted by Gasteiger charge is 2.42. The van der Waals surface area contributed by atoms with Crippen LogP contribution >= 0.6 is 0 Å². The van der Waals surface area contributed by atoms with Gasteiger partial charge in [-0.3, -0.25) is 0 Å². The molecule has 0 bridgehead atoms. The zero-order valence-electron chi connectivity index (χ0n) is 14.4. The molecular formula is C22H25NO2. The molecule has 2 aromatic carbocycles. The number of hydrogen-bond acceptors (Lipinski definition) is 3. The molecule has 3 heteroatoms. The van der Waals surface area contributed by atoms with Crippen LogP contribution in [-0.4, -0.2) is 17.8 Å². The second-order valence-corrected chi connectivity index (χ2v) is 7.76. The van der Waals surface area contributed by atoms with Crippen LogP contribution in [0.1, 0.15) is 60.4 Å². The van der Waals surface area contributed by atoms with Gasteiger partial charge < -0.3 is 15.2 Å². The minimum Gasteiger partial charge on any atom is -0.394 e. The number of anilines is 1. The first kappa shape index (κ1) is 15.4. The normalized spacial score (nSPS) is 30.9. The van der Waals surface area contributed by atoms with E-state index in [2.05, 4.69) is 53.8 Å². The number of aliphatic hydroxyl groups is 1. The predicted octanol–water partition coefficient (Wildman–Crippen LogP) is 4.56. The molecule has 1 aliphatic carbocycles. The lowest BCUT2D eigenvalue weighted by molar-refractivity contribution is -0.110. The van der Waals surface area contributed by atoms with Crippen molar-refractivity contribution in [3.63, 3.8) is 0 Å². The Morgan fingerprint density at radius 3 is 2.56 bits per heavy atom. The molecule has 0 aromatic heterocycles. The van der Waals surface area contributed by atoms with Crippen molar-refractivity contribution < 1.29 is 9.84 Å². The maximum atomic E-state index is 9.62. The lowest BCUT2D eigenvalue weighted by Gasteiger charge is -2.45. The summed E-state index contributed by atoms with van der Waals surface area (Å²) in [7, 11) is 0. The smallest absolute Gasteiger partial charge is 0.0900 e. The Hall–Kier alpha value is -1.84. The molecule has 2 N–H and O–H groups in total. The monoisotopic (exact) mass is 335 g/mol. The standard InChI is InChI=1S/C22H25NO2/c24-13-17-9-10-18-21(15-4-2-1-3-5-15)23-20-11-8-16(14-6-7-14)12-19(20)22(18)25-17/h1-5,8,11-12,14,17-18,21-24H,6-7,9-10,13H2/t17-,18+,21+,22+/m0/s1. The van der Waals surface area contributed by atoms with Gasteiger partial charge in [0.25, 0.3) is 0 Å². The van der Waals surface area contributed by atoms with E-state index >= 15 is 0 Å². The molecule has 130 valence electrons. The van der Waals surface area contributed by atoms with Gasteiger partial charge in [0.15, 0.2) is 0 Å². The molecule has 1 saturated heterocycles. The highest BCUT2D eigenvalue weighted by atomic mass is 16.5. The molecule has 0 amide bonds. The fourth-order valence-corrected chi connectivity index (χ4v) is 4.57. The summed E-state index contributed by atoms with van der Waals surface area (Å²) >= 11 is 0. The number of rotatable bonds is 3. The molecule has 3 nitrogen and oxygen atoms in total. The lowest BCUT2D eigenvalue weighted by Crippen LogP contribution is -2.40. The van der Waals surface area contributed by atoms with Crippen LogP contribution < -0.4 is 5.32 Å². The molecule has 2 aliphatic heterocycles. The number of aliphatic hydroxyl groups excluding tert-OH is 1. The van der Waals surface area contributed by atoms with E-state index in [0.29, 0.717) is 5.92 Å². The molecule has 0 unspecified atom stereocenters. The molecule has 25 heavy (non-hydrogen) atoms. The first-order valence-electron chi connectivity index (χ1n) is 9.55. The Bertz CT molecular complexity index is 756. The van der Waals surface area contributed by atoms with Gasteiger partial charge in [-0.2, -0.15) is 0 Å². The van der Waals surface area contributed by atoms with E-state index in [4.69, 9.17) is 4.74 Å². The van der Waals surface area contributed by atoms with Gasteiger partial charge >= 0.3 is 0 Å². The summed E-state index contributed by atoms with van der Waals surface area (Å²) in [5, 5.41) is 13.4. The minimum absolute atomic E-state index is 0.0341. The molecule has 2 fully saturated rings. The van der Waals surface area contributed by atoms with Crippen LogP contribution in [0.2, 0.25) is 0 Å². The van der Waals surface area contributed by atoms with Crippen molar-refractivity contribution in [3.05, 3.63) is 65.2 Å². The Balaban J connectivity index is 1.56. The molecule has 1 saturated carbocycles. The number of benzene rings is 2. The van der Waals surface area contributed by atoms with Crippen LogP contribution in [0.25, 0.3) is 0 Å². The molecule has 2 aromatic rings. The molecule has 2 heterocycles. The first-order chi connectivity index (χ1) is 12.3. The summed E-state index contributed by atoms with van der Waals surface area (Å²) in [5.41, 5.74) is 5.26. The quantitative estimate of drug-likeness (QED) is 0.864. The van der Waals surface area contributed by atoms with Gasteiger partial charge in [0.1, 0.15) is 0 Å². The van der Waals surface area contributed by atoms with Gasteiger partial charge in [-0.05, 0) is 48.8 Å². The zero-order valence-corrected chi connectivity index (χ0v) is 14.4. The predicted molar refractivity (Wildman–Crippen MR) is 98.6 cm³/mol. The third-order valence-corrected chi connectivity index (χ3v) is 6.08. The molecular weight excluding hydrogens is 310 g/mol. The average molecular weight is 335 g/mol. The third-order valence-electron chi connectivity index (χ3n) is 6.08. The zero-order chi connectivity index (χ0) is 16.8. The van der Waals surface area contributed by atoms with Crippen LogP contribution in [0.3, 0.4) is 0 Å². The average Bonchev–Trinajstić information content (AvgIpc) is 3.52. The van der Waals surface area contributed by atoms with Gasteiger partial charge in [-0.25, -0.2) is 0 Å². The molecule has 4 atom stereocenters. The summed E-state index contributed by atoms with van der Waals surface area (Å²) in [5.74, 6) is 1.15. The summed E-state index contributed by atoms with van der Waals surface area (Å²) < 4.78 is 6.38. The minimum atomic E-state index is -0.0341. The fourth-order valence-electron chi connectivity index (χ4n) is 4.57. The second kappa shape index (κ2) is 6.15. The molecule has 5 rings (SSSR count). The lowest BCUT2D eigenvalue weighted by atomic mass is 9.76. The van der Waals surface area contributed by atoms with Gasteiger partial charge in [0.05, 0.1) is 24.9 Å². The van der Waals surface area contributed by atoms with Crippen molar-refractivity contribution in [2.24, 2.45) is 5.92 Å². The van der Waals surface area contributed by atoms with E-state index < -0.39 is 0 Å². The summed E-state index contributed by atoms with van der Waals surface area (Å²) in [6.07, 6.45) is 4.68. The van der Waals surface area contributed by atoms with E-state index in [1.54, 1.807) is 0 Å². The van der Waals surface area contributed by atoms with Gasteiger partial charge in [-0.1, -0.05) is 42.5 Å². The van der Waals surface area contributed by atoms with Gasteiger partial charge in [0, 0.05) is 17.2 Å². The van der Waals surface area contributed by atoms with Crippen molar-refractivity contribution >= 4 is 5.69 Å². The van der Waals surface area contributed by atoms with Crippen LogP contribution in [0.5, 0.6) is 0 Å². The van der Waals surface area contributed by atoms with E-state index in [9.17, 15) is 5.11 Å². The van der Waals surface area contributed by atoms with E-state index in [1.165, 1.54) is 35.2 Å². The van der Waals surface area contributed by atoms with Crippen molar-refractivity contribution in [2.75, 3.05) is 11.9 Å². The molecule has 0 radical (unpaired) electrons. The van der Waals surface area contributed by atoms with Crippen molar-refractivity contribution in [2.45, 2.75) is 49.9 Å². The van der Waals surface area contributed by atoms with Crippen LogP contribution in [0, 0.1) is 5.92 Å². The first-order valence-corrected chi connectivity index (χ1v) is 9.55. The molecule has 3 aliphatic rings. The number of fused-ring (bicyclic) bond motifs is 3. The number of hydrogen-bond donors (Lipinski definition) is 2. The topological polar surface area (TPSA) is 41.5 Å². The van der Waals surface area contributed by atoms with Crippen molar-refractivity contribution in [3.8, 4) is 0 Å². The summed E-state index contributed by atoms with van der Waals surface area (Å²) in [6, 6.07) is 17.8. The largest absolute Gasteiger partial charge is 0.394 e.